The summed E-state index contributed by atoms with van der Waals surface area (Å²) in [5, 5.41) is 5.12. The van der Waals surface area contributed by atoms with Gasteiger partial charge < -0.3 is 19.9 Å². The summed E-state index contributed by atoms with van der Waals surface area (Å²) < 4.78 is 42.1. The van der Waals surface area contributed by atoms with Crippen LogP contribution in [0, 0.1) is 0 Å². The molecule has 1 heterocycles. The Morgan fingerprint density at radius 1 is 1.03 bits per heavy atom. The number of nitrogens with one attached hydrogen (secondary N) is 2. The zero-order chi connectivity index (χ0) is 23.2. The number of ether oxygens (including phenoxy) is 1. The molecule has 0 saturated heterocycles. The molecule has 0 aliphatic heterocycles. The van der Waals surface area contributed by atoms with Crippen LogP contribution in [0.15, 0.2) is 41.5 Å². The second-order valence-electron chi connectivity index (χ2n) is 6.85. The Morgan fingerprint density at radius 3 is 2.06 bits per heavy atom. The molecule has 1 unspecified atom stereocenters. The van der Waals surface area contributed by atoms with Gasteiger partial charge in [0.1, 0.15) is 16.9 Å². The molecule has 0 saturated carbocycles. The summed E-state index contributed by atoms with van der Waals surface area (Å²) >= 11 is 0. The van der Waals surface area contributed by atoms with Crippen LogP contribution in [-0.2, 0) is 6.54 Å². The molecule has 1 aromatic carbocycles. The normalized spacial score (nSPS) is 12.2. The topological polar surface area (TPSA) is 89.4 Å². The van der Waals surface area contributed by atoms with E-state index in [1.807, 2.05) is 13.8 Å². The molecule has 10 heteroatoms. The van der Waals surface area contributed by atoms with E-state index in [2.05, 4.69) is 15.4 Å². The quantitative estimate of drug-likeness (QED) is 0.660. The second kappa shape index (κ2) is 10.1. The molecule has 1 atom stereocenters. The Hall–Kier alpha value is -3.30. The summed E-state index contributed by atoms with van der Waals surface area (Å²) in [5.74, 6) is -1.64. The molecule has 2 aromatic rings. The molecule has 0 aliphatic carbocycles. The highest BCUT2D eigenvalue weighted by Crippen LogP contribution is 2.22. The molecular formula is C21H24F3N3O4. The summed E-state index contributed by atoms with van der Waals surface area (Å²) in [6.45, 7) is 5.83. The average Bonchev–Trinajstić information content (AvgIpc) is 2.71. The van der Waals surface area contributed by atoms with Crippen LogP contribution in [0.3, 0.4) is 0 Å². The number of hydrogen-bond donors (Lipinski definition) is 2. The molecule has 31 heavy (non-hydrogen) atoms. The van der Waals surface area contributed by atoms with Crippen molar-refractivity contribution in [1.82, 2.24) is 15.2 Å². The third-order valence-corrected chi connectivity index (χ3v) is 4.58. The van der Waals surface area contributed by atoms with Crippen molar-refractivity contribution in [3.63, 3.8) is 0 Å². The van der Waals surface area contributed by atoms with Crippen molar-refractivity contribution in [2.45, 2.75) is 46.1 Å². The molecule has 1 aromatic heterocycles. The molecule has 0 fully saturated rings. The molecule has 2 N–H and O–H groups in total. The minimum absolute atomic E-state index is 0.0285. The van der Waals surface area contributed by atoms with E-state index in [-0.39, 0.29) is 29.5 Å². The molecule has 0 spiro atoms. The molecule has 2 rings (SSSR count). The number of alkyl halides is 3. The first-order valence-corrected chi connectivity index (χ1v) is 9.72. The van der Waals surface area contributed by atoms with Crippen LogP contribution >= 0.6 is 0 Å². The van der Waals surface area contributed by atoms with E-state index in [0.29, 0.717) is 18.5 Å². The van der Waals surface area contributed by atoms with Gasteiger partial charge in [-0.15, -0.1) is 13.2 Å². The molecule has 2 amide bonds. The van der Waals surface area contributed by atoms with Gasteiger partial charge in [-0.25, -0.2) is 0 Å². The fraction of sp³-hybridized carbons (Fsp3) is 0.381. The van der Waals surface area contributed by atoms with Crippen LogP contribution in [0.4, 0.5) is 13.2 Å². The predicted molar refractivity (Wildman–Crippen MR) is 108 cm³/mol. The van der Waals surface area contributed by atoms with E-state index >= 15 is 0 Å². The van der Waals surface area contributed by atoms with Crippen molar-refractivity contribution in [1.29, 1.82) is 0 Å². The van der Waals surface area contributed by atoms with Gasteiger partial charge in [0.2, 0.25) is 5.43 Å². The lowest BCUT2D eigenvalue weighted by atomic mass is 10.1. The van der Waals surface area contributed by atoms with Crippen molar-refractivity contribution in [2.24, 2.45) is 0 Å². The smallest absolute Gasteiger partial charge is 0.406 e. The van der Waals surface area contributed by atoms with Gasteiger partial charge in [0.15, 0.2) is 0 Å². The lowest BCUT2D eigenvalue weighted by molar-refractivity contribution is -0.274. The van der Waals surface area contributed by atoms with Crippen molar-refractivity contribution in [3.05, 3.63) is 63.6 Å². The van der Waals surface area contributed by atoms with Gasteiger partial charge >= 0.3 is 6.36 Å². The maximum atomic E-state index is 12.7. The van der Waals surface area contributed by atoms with Gasteiger partial charge in [-0.1, -0.05) is 19.1 Å². The third-order valence-electron chi connectivity index (χ3n) is 4.58. The van der Waals surface area contributed by atoms with E-state index in [9.17, 15) is 27.6 Å². The maximum Gasteiger partial charge on any atom is 0.573 e. The number of aromatic nitrogens is 1. The summed E-state index contributed by atoms with van der Waals surface area (Å²) in [6, 6.07) is 4.93. The van der Waals surface area contributed by atoms with Crippen LogP contribution in [0.2, 0.25) is 0 Å². The van der Waals surface area contributed by atoms with Crippen LogP contribution in [-0.4, -0.2) is 29.3 Å². The number of rotatable bonds is 8. The Morgan fingerprint density at radius 2 is 1.58 bits per heavy atom. The highest BCUT2D eigenvalue weighted by molar-refractivity contribution is 5.99. The fourth-order valence-electron chi connectivity index (χ4n) is 2.73. The number of nitrogens with zero attached hydrogens (tertiary/aromatic N) is 1. The van der Waals surface area contributed by atoms with E-state index in [0.717, 1.165) is 12.1 Å². The Labute approximate surface area is 177 Å². The first-order chi connectivity index (χ1) is 14.6. The number of hydrogen-bond acceptors (Lipinski definition) is 4. The first kappa shape index (κ1) is 24.0. The first-order valence-electron chi connectivity index (χ1n) is 9.72. The van der Waals surface area contributed by atoms with Gasteiger partial charge in [-0.05, 0) is 38.0 Å². The maximum absolute atomic E-state index is 12.7. The van der Waals surface area contributed by atoms with E-state index in [1.54, 1.807) is 11.5 Å². The number of benzene rings is 1. The van der Waals surface area contributed by atoms with E-state index in [1.165, 1.54) is 24.5 Å². The second-order valence-corrected chi connectivity index (χ2v) is 6.85. The zero-order valence-electron chi connectivity index (χ0n) is 17.4. The van der Waals surface area contributed by atoms with Crippen molar-refractivity contribution in [2.75, 3.05) is 6.54 Å². The monoisotopic (exact) mass is 439 g/mol. The van der Waals surface area contributed by atoms with Gasteiger partial charge in [-0.2, -0.15) is 0 Å². The lowest BCUT2D eigenvalue weighted by Gasteiger charge is -2.17. The van der Waals surface area contributed by atoms with Crippen molar-refractivity contribution in [3.8, 4) is 5.75 Å². The van der Waals surface area contributed by atoms with Gasteiger partial charge in [0, 0.05) is 31.5 Å². The third kappa shape index (κ3) is 6.59. The van der Waals surface area contributed by atoms with Gasteiger partial charge in [-0.3, -0.25) is 14.4 Å². The highest BCUT2D eigenvalue weighted by atomic mass is 19.4. The molecule has 168 valence electrons. The lowest BCUT2D eigenvalue weighted by Crippen LogP contribution is -2.35. The summed E-state index contributed by atoms with van der Waals surface area (Å²) in [7, 11) is 0. The summed E-state index contributed by atoms with van der Waals surface area (Å²) in [5.41, 5.74) is -0.522. The summed E-state index contributed by atoms with van der Waals surface area (Å²) in [4.78, 5) is 37.6. The van der Waals surface area contributed by atoms with Gasteiger partial charge in [0.05, 0.1) is 0 Å². The van der Waals surface area contributed by atoms with Crippen LogP contribution in [0.1, 0.15) is 59.5 Å². The van der Waals surface area contributed by atoms with Crippen molar-refractivity contribution >= 4 is 11.8 Å². The minimum Gasteiger partial charge on any atom is -0.406 e. The number of pyridine rings is 1. The average molecular weight is 439 g/mol. The largest absolute Gasteiger partial charge is 0.573 e. The van der Waals surface area contributed by atoms with Gasteiger partial charge in [0.25, 0.3) is 11.8 Å². The zero-order valence-corrected chi connectivity index (χ0v) is 17.4. The van der Waals surface area contributed by atoms with E-state index in [4.69, 9.17) is 0 Å². The number of amides is 2. The molecular weight excluding hydrogens is 415 g/mol. The Kier molecular flexibility index (Phi) is 7.84. The molecule has 0 bridgehead atoms. The molecule has 7 nitrogen and oxygen atoms in total. The summed E-state index contributed by atoms with van der Waals surface area (Å²) in [6.07, 6.45) is -1.25. The molecule has 0 radical (unpaired) electrons. The van der Waals surface area contributed by atoms with Crippen LogP contribution in [0.25, 0.3) is 0 Å². The Balaban J connectivity index is 2.23. The molecule has 0 aliphatic rings. The van der Waals surface area contributed by atoms with Crippen molar-refractivity contribution < 1.29 is 27.5 Å². The number of carbonyl (C=O) groups excluding carboxylic acids is 2. The number of carbonyl (C=O) groups is 2. The van der Waals surface area contributed by atoms with Crippen LogP contribution in [0.5, 0.6) is 5.75 Å². The Bertz CT molecular complexity index is 985. The fourth-order valence-corrected chi connectivity index (χ4v) is 2.73. The minimum atomic E-state index is -4.79. The highest BCUT2D eigenvalue weighted by Gasteiger charge is 2.31. The van der Waals surface area contributed by atoms with Crippen LogP contribution < -0.4 is 20.8 Å². The van der Waals surface area contributed by atoms with E-state index < -0.39 is 23.6 Å². The SMILES string of the molecule is CCNC(=O)c1cn(C(C)CC)cc(C(=O)NCc2ccc(OC(F)(F)F)cc2)c1=O. The standard InChI is InChI=1S/C21H24F3N3O4/c1-4-13(3)27-11-16(19(29)25-5-2)18(28)17(12-27)20(30)26-10-14-6-8-15(9-7-14)31-21(22,23)24/h6-9,11-13H,4-5,10H2,1-3H3,(H,25,29)(H,26,30). The number of halogens is 3. The predicted octanol–water partition coefficient (Wildman–Crippen LogP) is 3.40.